The van der Waals surface area contributed by atoms with Crippen LogP contribution in [0, 0.1) is 5.92 Å². The molecule has 118 valence electrons. The van der Waals surface area contributed by atoms with Crippen LogP contribution in [-0.4, -0.2) is 27.2 Å². The predicted octanol–water partition coefficient (Wildman–Crippen LogP) is 3.28. The van der Waals surface area contributed by atoms with Crippen molar-refractivity contribution in [2.24, 2.45) is 5.92 Å². The first kappa shape index (κ1) is 15.4. The van der Waals surface area contributed by atoms with Crippen LogP contribution in [0.1, 0.15) is 19.4 Å². The van der Waals surface area contributed by atoms with Crippen LogP contribution >= 0.6 is 0 Å². The summed E-state index contributed by atoms with van der Waals surface area (Å²) in [6.45, 7) is 6.35. The van der Waals surface area contributed by atoms with Crippen LogP contribution in [0.4, 0.5) is 0 Å². The summed E-state index contributed by atoms with van der Waals surface area (Å²) in [6, 6.07) is 16.8. The molecule has 0 bridgehead atoms. The van der Waals surface area contributed by atoms with E-state index in [9.17, 15) is 0 Å². The lowest BCUT2D eigenvalue weighted by atomic mass is 9.98. The summed E-state index contributed by atoms with van der Waals surface area (Å²) < 4.78 is 0. The van der Waals surface area contributed by atoms with Crippen LogP contribution in [0.2, 0.25) is 0 Å². The molecule has 2 N–H and O–H groups in total. The SMILES string of the molecule is CC(C)CNCc1ccc(-c2ccccc2-c2nnn[nH]2)cc1. The number of aromatic nitrogens is 4. The van der Waals surface area contributed by atoms with Gasteiger partial charge in [0.15, 0.2) is 5.82 Å². The van der Waals surface area contributed by atoms with Crippen LogP contribution in [0.3, 0.4) is 0 Å². The highest BCUT2D eigenvalue weighted by atomic mass is 15.5. The lowest BCUT2D eigenvalue weighted by Crippen LogP contribution is -2.18. The zero-order chi connectivity index (χ0) is 16.1. The van der Waals surface area contributed by atoms with Gasteiger partial charge in [0.25, 0.3) is 0 Å². The van der Waals surface area contributed by atoms with E-state index in [4.69, 9.17) is 0 Å². The van der Waals surface area contributed by atoms with E-state index in [1.807, 2.05) is 18.2 Å². The van der Waals surface area contributed by atoms with Gasteiger partial charge in [-0.2, -0.15) is 0 Å². The Morgan fingerprint density at radius 3 is 2.39 bits per heavy atom. The lowest BCUT2D eigenvalue weighted by Gasteiger charge is -2.10. The zero-order valence-electron chi connectivity index (χ0n) is 13.5. The van der Waals surface area contributed by atoms with Gasteiger partial charge >= 0.3 is 0 Å². The third-order valence-corrected chi connectivity index (χ3v) is 3.67. The first-order valence-corrected chi connectivity index (χ1v) is 7.87. The molecule has 5 nitrogen and oxygen atoms in total. The molecule has 0 fully saturated rings. The summed E-state index contributed by atoms with van der Waals surface area (Å²) in [5, 5.41) is 17.6. The fraction of sp³-hybridized carbons (Fsp3) is 0.278. The molecule has 1 aromatic heterocycles. The Morgan fingerprint density at radius 2 is 1.74 bits per heavy atom. The highest BCUT2D eigenvalue weighted by Crippen LogP contribution is 2.29. The van der Waals surface area contributed by atoms with Gasteiger partial charge in [0.2, 0.25) is 0 Å². The summed E-state index contributed by atoms with van der Waals surface area (Å²) in [5.74, 6) is 1.35. The third kappa shape index (κ3) is 3.81. The van der Waals surface area contributed by atoms with Gasteiger partial charge in [0, 0.05) is 12.1 Å². The van der Waals surface area contributed by atoms with Crippen molar-refractivity contribution in [1.29, 1.82) is 0 Å². The molecule has 0 saturated carbocycles. The average molecular weight is 307 g/mol. The average Bonchev–Trinajstić information content (AvgIpc) is 3.10. The molecule has 0 atom stereocenters. The number of nitrogens with one attached hydrogen (secondary N) is 2. The smallest absolute Gasteiger partial charge is 0.180 e. The molecule has 0 saturated heterocycles. The van der Waals surface area contributed by atoms with Gasteiger partial charge in [-0.15, -0.1) is 5.10 Å². The van der Waals surface area contributed by atoms with E-state index in [1.54, 1.807) is 0 Å². The molecule has 0 radical (unpaired) electrons. The molecule has 0 unspecified atom stereocenters. The van der Waals surface area contributed by atoms with Crippen LogP contribution < -0.4 is 5.32 Å². The highest BCUT2D eigenvalue weighted by molar-refractivity contribution is 5.80. The summed E-state index contributed by atoms with van der Waals surface area (Å²) in [5.41, 5.74) is 4.56. The standard InChI is InChI=1S/C18H21N5/c1-13(2)11-19-12-14-7-9-15(10-8-14)16-5-3-4-6-17(16)18-20-22-23-21-18/h3-10,13,19H,11-12H2,1-2H3,(H,20,21,22,23). The molecule has 3 aromatic rings. The number of hydrogen-bond donors (Lipinski definition) is 2. The molecule has 3 rings (SSSR count). The maximum Gasteiger partial charge on any atom is 0.180 e. The van der Waals surface area contributed by atoms with Crippen molar-refractivity contribution in [3.63, 3.8) is 0 Å². The van der Waals surface area contributed by atoms with Gasteiger partial charge in [-0.1, -0.05) is 62.4 Å². The van der Waals surface area contributed by atoms with Gasteiger partial charge in [0.05, 0.1) is 0 Å². The molecule has 0 amide bonds. The molecule has 0 aliphatic rings. The van der Waals surface area contributed by atoms with Crippen LogP contribution in [-0.2, 0) is 6.54 Å². The largest absolute Gasteiger partial charge is 0.312 e. The first-order chi connectivity index (χ1) is 11.2. The van der Waals surface area contributed by atoms with Crippen molar-refractivity contribution in [1.82, 2.24) is 25.9 Å². The molecular weight excluding hydrogens is 286 g/mol. The van der Waals surface area contributed by atoms with Crippen LogP contribution in [0.5, 0.6) is 0 Å². The summed E-state index contributed by atoms with van der Waals surface area (Å²) in [6.07, 6.45) is 0. The number of benzene rings is 2. The molecule has 23 heavy (non-hydrogen) atoms. The minimum absolute atomic E-state index is 0.664. The molecular formula is C18H21N5. The minimum atomic E-state index is 0.664. The first-order valence-electron chi connectivity index (χ1n) is 7.87. The Morgan fingerprint density at radius 1 is 1.00 bits per heavy atom. The van der Waals surface area contributed by atoms with Crippen LogP contribution in [0.25, 0.3) is 22.5 Å². The van der Waals surface area contributed by atoms with Crippen molar-refractivity contribution in [2.75, 3.05) is 6.54 Å². The second-order valence-corrected chi connectivity index (χ2v) is 6.02. The molecule has 2 aromatic carbocycles. The number of tetrazole rings is 1. The Labute approximate surface area is 136 Å². The maximum absolute atomic E-state index is 4.02. The maximum atomic E-state index is 4.02. The Hall–Kier alpha value is -2.53. The fourth-order valence-electron chi connectivity index (χ4n) is 2.52. The van der Waals surface area contributed by atoms with E-state index in [0.717, 1.165) is 29.8 Å². The summed E-state index contributed by atoms with van der Waals surface area (Å²) in [7, 11) is 0. The van der Waals surface area contributed by atoms with Gasteiger partial charge in [-0.05, 0) is 39.6 Å². The number of hydrogen-bond acceptors (Lipinski definition) is 4. The van der Waals surface area contributed by atoms with E-state index in [-0.39, 0.29) is 0 Å². The second kappa shape index (κ2) is 7.15. The lowest BCUT2D eigenvalue weighted by molar-refractivity contribution is 0.552. The molecule has 0 aliphatic carbocycles. The Bertz CT molecular complexity index is 732. The van der Waals surface area contributed by atoms with E-state index >= 15 is 0 Å². The van der Waals surface area contributed by atoms with Gasteiger partial charge < -0.3 is 5.32 Å². The van der Waals surface area contributed by atoms with Gasteiger partial charge in [-0.25, -0.2) is 5.10 Å². The quantitative estimate of drug-likeness (QED) is 0.733. The second-order valence-electron chi connectivity index (χ2n) is 6.02. The van der Waals surface area contributed by atoms with E-state index in [1.165, 1.54) is 5.56 Å². The molecule has 0 spiro atoms. The third-order valence-electron chi connectivity index (χ3n) is 3.67. The number of nitrogens with zero attached hydrogens (tertiary/aromatic N) is 3. The minimum Gasteiger partial charge on any atom is -0.312 e. The number of aromatic amines is 1. The number of H-pyrrole nitrogens is 1. The molecule has 0 aliphatic heterocycles. The Balaban J connectivity index is 1.80. The molecule has 5 heteroatoms. The number of rotatable bonds is 6. The van der Waals surface area contributed by atoms with Crippen molar-refractivity contribution in [3.8, 4) is 22.5 Å². The zero-order valence-corrected chi connectivity index (χ0v) is 13.5. The van der Waals surface area contributed by atoms with Gasteiger partial charge in [0.1, 0.15) is 0 Å². The normalized spacial score (nSPS) is 11.1. The predicted molar refractivity (Wildman–Crippen MR) is 91.6 cm³/mol. The van der Waals surface area contributed by atoms with E-state index < -0.39 is 0 Å². The van der Waals surface area contributed by atoms with Crippen molar-refractivity contribution in [3.05, 3.63) is 54.1 Å². The Kier molecular flexibility index (Phi) is 4.78. The van der Waals surface area contributed by atoms with E-state index in [0.29, 0.717) is 11.7 Å². The summed E-state index contributed by atoms with van der Waals surface area (Å²) in [4.78, 5) is 0. The summed E-state index contributed by atoms with van der Waals surface area (Å²) >= 11 is 0. The van der Waals surface area contributed by atoms with Crippen molar-refractivity contribution < 1.29 is 0 Å². The topological polar surface area (TPSA) is 66.5 Å². The van der Waals surface area contributed by atoms with Crippen molar-refractivity contribution >= 4 is 0 Å². The highest BCUT2D eigenvalue weighted by Gasteiger charge is 2.09. The monoisotopic (exact) mass is 307 g/mol. The fourth-order valence-corrected chi connectivity index (χ4v) is 2.52. The van der Waals surface area contributed by atoms with E-state index in [2.05, 4.69) is 70.1 Å². The molecule has 1 heterocycles. The van der Waals surface area contributed by atoms with Crippen LogP contribution in [0.15, 0.2) is 48.5 Å². The van der Waals surface area contributed by atoms with Crippen molar-refractivity contribution in [2.45, 2.75) is 20.4 Å². The van der Waals surface area contributed by atoms with Gasteiger partial charge in [-0.3, -0.25) is 0 Å².